The zero-order valence-electron chi connectivity index (χ0n) is 13.9. The standard InChI is InChI=1S/C21H21Cl2N/c1-12(2)13-6-3-8-15-14-7-4-9-16(14)21(24-20(13)15)17-10-5-11-18(22)19(17)23/h3-8,10-12,14,16,21,24H,9H2,1-2H3. The molecule has 2 aromatic carbocycles. The van der Waals surface area contributed by atoms with Crippen LogP contribution in [0.1, 0.15) is 54.8 Å². The number of allylic oxidation sites excluding steroid dienone is 2. The average molecular weight is 358 g/mol. The predicted octanol–water partition coefficient (Wildman–Crippen LogP) is 6.94. The molecular formula is C21H21Cl2N. The molecule has 3 atom stereocenters. The van der Waals surface area contributed by atoms with Crippen molar-refractivity contribution in [3.63, 3.8) is 0 Å². The number of halogens is 2. The van der Waals surface area contributed by atoms with Crippen molar-refractivity contribution in [3.05, 3.63) is 75.3 Å². The molecule has 0 spiro atoms. The average Bonchev–Trinajstić information content (AvgIpc) is 3.06. The summed E-state index contributed by atoms with van der Waals surface area (Å²) in [7, 11) is 0. The van der Waals surface area contributed by atoms with E-state index in [4.69, 9.17) is 23.2 Å². The van der Waals surface area contributed by atoms with Gasteiger partial charge in [0.25, 0.3) is 0 Å². The third-order valence-corrected chi connectivity index (χ3v) is 6.20. The minimum absolute atomic E-state index is 0.184. The molecule has 0 saturated carbocycles. The van der Waals surface area contributed by atoms with Crippen molar-refractivity contribution in [1.29, 1.82) is 0 Å². The van der Waals surface area contributed by atoms with Crippen LogP contribution in [0.15, 0.2) is 48.6 Å². The normalized spacial score (nSPS) is 24.6. The second kappa shape index (κ2) is 6.13. The molecule has 3 heteroatoms. The van der Waals surface area contributed by atoms with E-state index in [0.29, 0.717) is 27.8 Å². The van der Waals surface area contributed by atoms with E-state index in [2.05, 4.69) is 55.6 Å². The topological polar surface area (TPSA) is 12.0 Å². The molecule has 0 amide bonds. The van der Waals surface area contributed by atoms with Gasteiger partial charge in [0.05, 0.1) is 16.1 Å². The molecule has 24 heavy (non-hydrogen) atoms. The van der Waals surface area contributed by atoms with Crippen LogP contribution in [0.3, 0.4) is 0 Å². The molecule has 3 unspecified atom stereocenters. The predicted molar refractivity (Wildman–Crippen MR) is 103 cm³/mol. The second-order valence-corrected chi connectivity index (χ2v) is 7.87. The molecule has 0 bridgehead atoms. The molecule has 2 aliphatic rings. The van der Waals surface area contributed by atoms with E-state index < -0.39 is 0 Å². The molecule has 0 fully saturated rings. The van der Waals surface area contributed by atoms with Crippen LogP contribution >= 0.6 is 23.2 Å². The maximum Gasteiger partial charge on any atom is 0.0645 e. The van der Waals surface area contributed by atoms with Crippen molar-refractivity contribution in [2.24, 2.45) is 5.92 Å². The van der Waals surface area contributed by atoms with Gasteiger partial charge < -0.3 is 5.32 Å². The Balaban J connectivity index is 1.86. The van der Waals surface area contributed by atoms with Crippen molar-refractivity contribution in [1.82, 2.24) is 0 Å². The Morgan fingerprint density at radius 1 is 1.04 bits per heavy atom. The highest BCUT2D eigenvalue weighted by molar-refractivity contribution is 6.42. The molecule has 0 saturated heterocycles. The van der Waals surface area contributed by atoms with Gasteiger partial charge in [0.2, 0.25) is 0 Å². The van der Waals surface area contributed by atoms with Crippen molar-refractivity contribution in [2.75, 3.05) is 5.32 Å². The van der Waals surface area contributed by atoms with Gasteiger partial charge in [-0.25, -0.2) is 0 Å². The van der Waals surface area contributed by atoms with Crippen LogP contribution in [-0.4, -0.2) is 0 Å². The van der Waals surface area contributed by atoms with E-state index in [-0.39, 0.29) is 6.04 Å². The van der Waals surface area contributed by atoms with Crippen molar-refractivity contribution in [2.45, 2.75) is 38.1 Å². The van der Waals surface area contributed by atoms with Crippen LogP contribution in [0.2, 0.25) is 10.0 Å². The maximum atomic E-state index is 6.55. The molecule has 1 nitrogen and oxygen atoms in total. The zero-order valence-corrected chi connectivity index (χ0v) is 15.4. The molecule has 2 aromatic rings. The van der Waals surface area contributed by atoms with Crippen LogP contribution < -0.4 is 5.32 Å². The Kier molecular flexibility index (Phi) is 4.10. The summed E-state index contributed by atoms with van der Waals surface area (Å²) in [5.41, 5.74) is 5.16. The van der Waals surface area contributed by atoms with Gasteiger partial charge in [0.1, 0.15) is 0 Å². The lowest BCUT2D eigenvalue weighted by Gasteiger charge is -2.39. The first-order chi connectivity index (χ1) is 11.6. The van der Waals surface area contributed by atoms with E-state index in [9.17, 15) is 0 Å². The van der Waals surface area contributed by atoms with Crippen molar-refractivity contribution in [3.8, 4) is 0 Å². The molecule has 124 valence electrons. The van der Waals surface area contributed by atoms with Gasteiger partial charge in [-0.1, -0.05) is 79.5 Å². The summed E-state index contributed by atoms with van der Waals surface area (Å²) in [5, 5.41) is 5.12. The Hall–Kier alpha value is -1.44. The van der Waals surface area contributed by atoms with Gasteiger partial charge in [-0.05, 0) is 41.0 Å². The third kappa shape index (κ3) is 2.46. The minimum atomic E-state index is 0.184. The fraction of sp³-hybridized carbons (Fsp3) is 0.333. The highest BCUT2D eigenvalue weighted by atomic mass is 35.5. The zero-order chi connectivity index (χ0) is 16.8. The van der Waals surface area contributed by atoms with E-state index in [1.165, 1.54) is 16.8 Å². The number of anilines is 1. The quantitative estimate of drug-likeness (QED) is 0.573. The van der Waals surface area contributed by atoms with Crippen LogP contribution in [0.4, 0.5) is 5.69 Å². The van der Waals surface area contributed by atoms with Gasteiger partial charge in [-0.15, -0.1) is 0 Å². The van der Waals surface area contributed by atoms with Gasteiger partial charge in [0.15, 0.2) is 0 Å². The van der Waals surface area contributed by atoms with E-state index in [1.54, 1.807) is 0 Å². The number of nitrogens with one attached hydrogen (secondary N) is 1. The molecule has 1 N–H and O–H groups in total. The van der Waals surface area contributed by atoms with Gasteiger partial charge in [-0.3, -0.25) is 0 Å². The smallest absolute Gasteiger partial charge is 0.0645 e. The Morgan fingerprint density at radius 2 is 1.79 bits per heavy atom. The minimum Gasteiger partial charge on any atom is -0.377 e. The summed E-state index contributed by atoms with van der Waals surface area (Å²) in [5.74, 6) is 1.40. The molecular weight excluding hydrogens is 337 g/mol. The lowest BCUT2D eigenvalue weighted by molar-refractivity contribution is 0.424. The first-order valence-corrected chi connectivity index (χ1v) is 9.33. The van der Waals surface area contributed by atoms with Crippen LogP contribution in [0.5, 0.6) is 0 Å². The third-order valence-electron chi connectivity index (χ3n) is 5.37. The molecule has 0 aromatic heterocycles. The largest absolute Gasteiger partial charge is 0.377 e. The molecule has 4 rings (SSSR count). The lowest BCUT2D eigenvalue weighted by atomic mass is 9.75. The van der Waals surface area contributed by atoms with E-state index in [1.807, 2.05) is 12.1 Å². The Labute approximate surface area is 153 Å². The summed E-state index contributed by atoms with van der Waals surface area (Å²) in [6, 6.07) is 12.8. The van der Waals surface area contributed by atoms with Crippen molar-refractivity contribution < 1.29 is 0 Å². The highest BCUT2D eigenvalue weighted by Crippen LogP contribution is 2.52. The summed E-state index contributed by atoms with van der Waals surface area (Å²) >= 11 is 12.8. The summed E-state index contributed by atoms with van der Waals surface area (Å²) in [4.78, 5) is 0. The fourth-order valence-electron chi connectivity index (χ4n) is 4.20. The van der Waals surface area contributed by atoms with E-state index >= 15 is 0 Å². The van der Waals surface area contributed by atoms with Gasteiger partial charge in [-0.2, -0.15) is 0 Å². The van der Waals surface area contributed by atoms with Gasteiger partial charge >= 0.3 is 0 Å². The lowest BCUT2D eigenvalue weighted by Crippen LogP contribution is -2.30. The van der Waals surface area contributed by atoms with Crippen LogP contribution in [0.25, 0.3) is 0 Å². The van der Waals surface area contributed by atoms with Crippen LogP contribution in [-0.2, 0) is 0 Å². The Bertz CT molecular complexity index is 809. The fourth-order valence-corrected chi connectivity index (χ4v) is 4.62. The first-order valence-electron chi connectivity index (χ1n) is 8.58. The molecule has 1 aliphatic heterocycles. The number of benzene rings is 2. The first kappa shape index (κ1) is 16.1. The monoisotopic (exact) mass is 357 g/mol. The summed E-state index contributed by atoms with van der Waals surface area (Å²) in [6.07, 6.45) is 5.73. The molecule has 1 aliphatic carbocycles. The van der Waals surface area contributed by atoms with E-state index in [0.717, 1.165) is 12.0 Å². The molecule has 0 radical (unpaired) electrons. The number of hydrogen-bond donors (Lipinski definition) is 1. The summed E-state index contributed by atoms with van der Waals surface area (Å²) < 4.78 is 0. The number of rotatable bonds is 2. The molecule has 1 heterocycles. The second-order valence-electron chi connectivity index (χ2n) is 7.08. The number of para-hydroxylation sites is 1. The Morgan fingerprint density at radius 3 is 2.58 bits per heavy atom. The van der Waals surface area contributed by atoms with Gasteiger partial charge in [0, 0.05) is 11.6 Å². The SMILES string of the molecule is CC(C)c1cccc2c1NC(c1cccc(Cl)c1Cl)C1CC=CC21. The maximum absolute atomic E-state index is 6.55. The highest BCUT2D eigenvalue weighted by Gasteiger charge is 2.39. The summed E-state index contributed by atoms with van der Waals surface area (Å²) in [6.45, 7) is 4.49. The number of fused-ring (bicyclic) bond motifs is 3. The van der Waals surface area contributed by atoms with Crippen LogP contribution in [0, 0.1) is 5.92 Å². The number of hydrogen-bond acceptors (Lipinski definition) is 1. The van der Waals surface area contributed by atoms with Crippen molar-refractivity contribution >= 4 is 28.9 Å².